The van der Waals surface area contributed by atoms with E-state index in [0.29, 0.717) is 0 Å². The van der Waals surface area contributed by atoms with Crippen molar-refractivity contribution in [3.8, 4) is 5.75 Å². The van der Waals surface area contributed by atoms with E-state index in [1.165, 1.54) is 18.1 Å². The van der Waals surface area contributed by atoms with Crippen molar-refractivity contribution in [2.24, 2.45) is 11.3 Å². The summed E-state index contributed by atoms with van der Waals surface area (Å²) in [6.07, 6.45) is -5.80. The minimum absolute atomic E-state index is 0.0512. The zero-order valence-corrected chi connectivity index (χ0v) is 24.9. The predicted octanol–water partition coefficient (Wildman–Crippen LogP) is 7.01. The van der Waals surface area contributed by atoms with Gasteiger partial charge in [0, 0.05) is 24.1 Å². The van der Waals surface area contributed by atoms with Crippen molar-refractivity contribution in [3.05, 3.63) is 64.7 Å². The van der Waals surface area contributed by atoms with Crippen LogP contribution in [0, 0.1) is 11.3 Å². The topological polar surface area (TPSA) is 88.1 Å². The molecule has 2 aromatic rings. The lowest BCUT2D eigenvalue weighted by atomic mass is 9.72. The average Bonchev–Trinajstić information content (AvgIpc) is 3.22. The molecule has 2 aromatic carbocycles. The van der Waals surface area contributed by atoms with Crippen molar-refractivity contribution < 1.29 is 37.3 Å². The summed E-state index contributed by atoms with van der Waals surface area (Å²) in [5, 5.41) is 13.9. The van der Waals surface area contributed by atoms with Gasteiger partial charge in [-0.1, -0.05) is 58.9 Å². The number of hydrogen-bond donors (Lipinski definition) is 2. The van der Waals surface area contributed by atoms with Crippen LogP contribution in [-0.2, 0) is 22.3 Å². The first-order chi connectivity index (χ1) is 19.0. The van der Waals surface area contributed by atoms with Gasteiger partial charge in [-0.25, -0.2) is 9.59 Å². The highest BCUT2D eigenvalue weighted by molar-refractivity contribution is 5.82. The number of nitrogens with one attached hydrogen (secondary N) is 1. The second kappa shape index (κ2) is 12.3. The van der Waals surface area contributed by atoms with Crippen molar-refractivity contribution in [3.63, 3.8) is 0 Å². The molecule has 1 aliphatic rings. The number of halogens is 3. The summed E-state index contributed by atoms with van der Waals surface area (Å²) >= 11 is 0. The van der Waals surface area contributed by atoms with E-state index < -0.39 is 59.4 Å². The van der Waals surface area contributed by atoms with Crippen LogP contribution in [0.15, 0.2) is 42.5 Å². The summed E-state index contributed by atoms with van der Waals surface area (Å²) in [6, 6.07) is 8.11. The number of aliphatic carboxylic acids is 1. The quantitative estimate of drug-likeness (QED) is 0.350. The van der Waals surface area contributed by atoms with Gasteiger partial charge in [-0.3, -0.25) is 4.90 Å². The fraction of sp³-hybridized carbons (Fsp3) is 0.548. The second-order valence-electron chi connectivity index (χ2n) is 12.2. The SMILES string of the molecule is COc1ccc(C(F)(F)F)cc1CN[C@H]1[C@H](C(C)(C)C)[C@@H](C(=O)O)N(C(=O)OC(C)C)[C@H]1c1ccccc1C(C)C. The molecule has 4 atom stereocenters. The van der Waals surface area contributed by atoms with Gasteiger partial charge >= 0.3 is 18.2 Å². The number of carboxylic acids is 1. The number of carbonyl (C=O) groups excluding carboxylic acids is 1. The predicted molar refractivity (Wildman–Crippen MR) is 150 cm³/mol. The Bertz CT molecular complexity index is 1240. The Kier molecular flexibility index (Phi) is 9.68. The Hall–Kier alpha value is -3.27. The number of likely N-dealkylation sites (tertiary alicyclic amines) is 1. The number of alkyl halides is 3. The van der Waals surface area contributed by atoms with E-state index in [-0.39, 0.29) is 23.8 Å². The van der Waals surface area contributed by atoms with Crippen LogP contribution in [0.3, 0.4) is 0 Å². The lowest BCUT2D eigenvalue weighted by Gasteiger charge is -2.35. The molecule has 10 heteroatoms. The van der Waals surface area contributed by atoms with Crippen LogP contribution in [0.4, 0.5) is 18.0 Å². The molecule has 0 radical (unpaired) electrons. The first-order valence-electron chi connectivity index (χ1n) is 13.8. The van der Waals surface area contributed by atoms with Crippen molar-refractivity contribution in [2.75, 3.05) is 7.11 Å². The number of ether oxygens (including phenoxy) is 2. The van der Waals surface area contributed by atoms with E-state index in [1.54, 1.807) is 13.8 Å². The van der Waals surface area contributed by atoms with Crippen molar-refractivity contribution in [1.82, 2.24) is 10.2 Å². The summed E-state index contributed by atoms with van der Waals surface area (Å²) in [4.78, 5) is 27.9. The van der Waals surface area contributed by atoms with Gasteiger partial charge in [-0.15, -0.1) is 0 Å². The molecular weight excluding hydrogens is 537 g/mol. The maximum absolute atomic E-state index is 13.7. The second-order valence-corrected chi connectivity index (χ2v) is 12.2. The van der Waals surface area contributed by atoms with Crippen LogP contribution in [0.2, 0.25) is 0 Å². The lowest BCUT2D eigenvalue weighted by Crippen LogP contribution is -2.48. The summed E-state index contributed by atoms with van der Waals surface area (Å²) in [6.45, 7) is 13.0. The van der Waals surface area contributed by atoms with Gasteiger partial charge in [-0.05, 0) is 54.5 Å². The van der Waals surface area contributed by atoms with Crippen molar-refractivity contribution in [2.45, 2.75) is 91.3 Å². The normalized spacial score (nSPS) is 21.4. The fourth-order valence-corrected chi connectivity index (χ4v) is 5.90. The molecule has 0 saturated carbocycles. The molecule has 1 heterocycles. The lowest BCUT2D eigenvalue weighted by molar-refractivity contribution is -0.145. The molecule has 3 rings (SSSR count). The number of amides is 1. The summed E-state index contributed by atoms with van der Waals surface area (Å²) in [7, 11) is 1.38. The summed E-state index contributed by atoms with van der Waals surface area (Å²) in [5.74, 6) is -1.50. The van der Waals surface area contributed by atoms with Gasteiger partial charge in [0.15, 0.2) is 0 Å². The van der Waals surface area contributed by atoms with Crippen LogP contribution in [0.25, 0.3) is 0 Å². The molecule has 2 N–H and O–H groups in total. The molecule has 7 nitrogen and oxygen atoms in total. The van der Waals surface area contributed by atoms with E-state index in [4.69, 9.17) is 9.47 Å². The Morgan fingerprint density at radius 3 is 2.20 bits per heavy atom. The Labute approximate surface area is 240 Å². The van der Waals surface area contributed by atoms with Gasteiger partial charge in [0.1, 0.15) is 11.8 Å². The molecule has 0 unspecified atom stereocenters. The summed E-state index contributed by atoms with van der Waals surface area (Å²) in [5.41, 5.74) is 0.509. The molecule has 226 valence electrons. The monoisotopic (exact) mass is 578 g/mol. The Morgan fingerprint density at radius 2 is 1.68 bits per heavy atom. The zero-order chi connectivity index (χ0) is 30.9. The number of benzene rings is 2. The third kappa shape index (κ3) is 6.97. The molecule has 1 aliphatic heterocycles. The highest BCUT2D eigenvalue weighted by atomic mass is 19.4. The van der Waals surface area contributed by atoms with Gasteiger partial charge in [0.25, 0.3) is 0 Å². The first kappa shape index (κ1) is 32.2. The number of hydrogen-bond acceptors (Lipinski definition) is 5. The minimum atomic E-state index is -4.55. The highest BCUT2D eigenvalue weighted by Crippen LogP contribution is 2.49. The standard InChI is InChI=1S/C31H41F3N2O5/c1-17(2)21-11-9-10-12-22(21)26-25(35-16-19-15-20(31(32,33)34)13-14-23(19)40-8)24(30(5,6)7)27(28(37)38)36(26)29(39)41-18(3)4/h9-15,17-18,24-27,35H,16H2,1-8H3,(H,37,38)/t24-,25-,26-,27-/m0/s1. The van der Waals surface area contributed by atoms with Gasteiger partial charge in [0.05, 0.1) is 24.8 Å². The van der Waals surface area contributed by atoms with Crippen LogP contribution in [-0.4, -0.2) is 47.4 Å². The number of nitrogens with zero attached hydrogens (tertiary/aromatic N) is 1. The average molecular weight is 579 g/mol. The smallest absolute Gasteiger partial charge is 0.416 e. The minimum Gasteiger partial charge on any atom is -0.496 e. The van der Waals surface area contributed by atoms with E-state index in [1.807, 2.05) is 58.9 Å². The molecule has 1 saturated heterocycles. The molecular formula is C31H41F3N2O5. The third-order valence-corrected chi connectivity index (χ3v) is 7.54. The number of methoxy groups -OCH3 is 1. The van der Waals surface area contributed by atoms with E-state index in [9.17, 15) is 27.9 Å². The molecule has 41 heavy (non-hydrogen) atoms. The molecule has 1 amide bonds. The van der Waals surface area contributed by atoms with Gasteiger partial charge in [0.2, 0.25) is 0 Å². The molecule has 0 aliphatic carbocycles. The van der Waals surface area contributed by atoms with Crippen LogP contribution in [0.1, 0.15) is 82.7 Å². The number of carboxylic acid groups (broad SMARTS) is 1. The molecule has 0 spiro atoms. The molecule has 0 bridgehead atoms. The largest absolute Gasteiger partial charge is 0.496 e. The Morgan fingerprint density at radius 1 is 1.05 bits per heavy atom. The van der Waals surface area contributed by atoms with Crippen LogP contribution < -0.4 is 10.1 Å². The van der Waals surface area contributed by atoms with Crippen LogP contribution in [0.5, 0.6) is 5.75 Å². The van der Waals surface area contributed by atoms with Gasteiger partial charge in [-0.2, -0.15) is 13.2 Å². The zero-order valence-electron chi connectivity index (χ0n) is 24.9. The first-order valence-corrected chi connectivity index (χ1v) is 13.8. The van der Waals surface area contributed by atoms with Gasteiger partial charge < -0.3 is 19.9 Å². The third-order valence-electron chi connectivity index (χ3n) is 7.54. The highest BCUT2D eigenvalue weighted by Gasteiger charge is 2.59. The Balaban J connectivity index is 2.24. The maximum Gasteiger partial charge on any atom is 0.416 e. The van der Waals surface area contributed by atoms with Crippen LogP contribution >= 0.6 is 0 Å². The maximum atomic E-state index is 13.7. The molecule has 1 fully saturated rings. The van der Waals surface area contributed by atoms with E-state index >= 15 is 0 Å². The fourth-order valence-electron chi connectivity index (χ4n) is 5.90. The number of rotatable bonds is 8. The molecule has 0 aromatic heterocycles. The van der Waals surface area contributed by atoms with E-state index in [0.717, 1.165) is 23.3 Å². The number of carbonyl (C=O) groups is 2. The van der Waals surface area contributed by atoms with Crippen molar-refractivity contribution >= 4 is 12.1 Å². The summed E-state index contributed by atoms with van der Waals surface area (Å²) < 4.78 is 51.6. The van der Waals surface area contributed by atoms with Crippen molar-refractivity contribution in [1.29, 1.82) is 0 Å². The van der Waals surface area contributed by atoms with E-state index in [2.05, 4.69) is 5.32 Å².